The summed E-state index contributed by atoms with van der Waals surface area (Å²) in [4.78, 5) is 25.2. The first-order chi connectivity index (χ1) is 10.7. The molecule has 0 radical (unpaired) electrons. The average molecular weight is 344 g/mol. The maximum Gasteiger partial charge on any atom is 0.326 e. The third kappa shape index (κ3) is 3.25. The largest absolute Gasteiger partial charge is 0.480 e. The zero-order valence-corrected chi connectivity index (χ0v) is 14.1. The highest BCUT2D eigenvalue weighted by Gasteiger charge is 2.35. The number of carbonyl (C=O) groups excluding carboxylic acids is 1. The van der Waals surface area contributed by atoms with Gasteiger partial charge in [0.25, 0.3) is 15.9 Å². The van der Waals surface area contributed by atoms with E-state index in [4.69, 9.17) is 4.42 Å². The van der Waals surface area contributed by atoms with Crippen LogP contribution in [-0.4, -0.2) is 61.3 Å². The van der Waals surface area contributed by atoms with Crippen molar-refractivity contribution >= 4 is 21.9 Å². The lowest BCUT2D eigenvalue weighted by Gasteiger charge is -2.32. The van der Waals surface area contributed by atoms with Gasteiger partial charge in [0.2, 0.25) is 5.09 Å². The smallest absolute Gasteiger partial charge is 0.326 e. The fraction of sp³-hybridized carbons (Fsp3) is 0.571. The molecule has 1 aromatic rings. The Balaban J connectivity index is 2.37. The highest BCUT2D eigenvalue weighted by atomic mass is 32.2. The molecular formula is C14H20N2O6S. The number of carbonyl (C=O) groups is 2. The van der Waals surface area contributed by atoms with Gasteiger partial charge in [0.15, 0.2) is 0 Å². The van der Waals surface area contributed by atoms with Crippen LogP contribution in [0.25, 0.3) is 0 Å². The molecule has 1 saturated heterocycles. The molecule has 2 rings (SSSR count). The van der Waals surface area contributed by atoms with Gasteiger partial charge in [-0.05, 0) is 26.2 Å². The van der Waals surface area contributed by atoms with Crippen LogP contribution in [0.5, 0.6) is 0 Å². The van der Waals surface area contributed by atoms with E-state index in [0.29, 0.717) is 13.0 Å². The molecule has 1 aliphatic heterocycles. The van der Waals surface area contributed by atoms with Crippen molar-refractivity contribution in [1.29, 1.82) is 0 Å². The Hall–Kier alpha value is -1.87. The summed E-state index contributed by atoms with van der Waals surface area (Å²) >= 11 is 0. The number of sulfonamides is 1. The second-order valence-electron chi connectivity index (χ2n) is 5.67. The molecule has 1 amide bonds. The zero-order chi connectivity index (χ0) is 17.4. The first-order valence-electron chi connectivity index (χ1n) is 7.23. The molecule has 128 valence electrons. The summed E-state index contributed by atoms with van der Waals surface area (Å²) in [6.45, 7) is 1.82. The van der Waals surface area contributed by atoms with Crippen molar-refractivity contribution in [3.05, 3.63) is 17.4 Å². The van der Waals surface area contributed by atoms with Crippen LogP contribution in [0.15, 0.2) is 15.6 Å². The highest BCUT2D eigenvalue weighted by molar-refractivity contribution is 7.88. The van der Waals surface area contributed by atoms with E-state index >= 15 is 0 Å². The van der Waals surface area contributed by atoms with Gasteiger partial charge in [-0.25, -0.2) is 17.5 Å². The SMILES string of the molecule is Cc1oc(S(=O)(=O)N(C)C)cc1C(=O)N1CCCCC1C(=O)O. The fourth-order valence-corrected chi connectivity index (χ4v) is 3.42. The molecule has 9 heteroatoms. The number of hydrogen-bond acceptors (Lipinski definition) is 5. The van der Waals surface area contributed by atoms with Crippen LogP contribution in [-0.2, 0) is 14.8 Å². The van der Waals surface area contributed by atoms with E-state index in [1.807, 2.05) is 0 Å². The Bertz CT molecular complexity index is 722. The Morgan fingerprint density at radius 3 is 2.57 bits per heavy atom. The molecule has 1 fully saturated rings. The minimum Gasteiger partial charge on any atom is -0.480 e. The molecule has 1 aliphatic rings. The fourth-order valence-electron chi connectivity index (χ4n) is 2.56. The third-order valence-electron chi connectivity index (χ3n) is 3.91. The topological polar surface area (TPSA) is 108 Å². The van der Waals surface area contributed by atoms with Crippen molar-refractivity contribution in [3.63, 3.8) is 0 Å². The number of amides is 1. The lowest BCUT2D eigenvalue weighted by molar-refractivity contribution is -0.143. The van der Waals surface area contributed by atoms with Crippen LogP contribution >= 0.6 is 0 Å². The second-order valence-corrected chi connectivity index (χ2v) is 7.75. The lowest BCUT2D eigenvalue weighted by atomic mass is 10.0. The van der Waals surface area contributed by atoms with E-state index in [-0.39, 0.29) is 16.4 Å². The molecule has 0 aromatic carbocycles. The van der Waals surface area contributed by atoms with Gasteiger partial charge >= 0.3 is 5.97 Å². The first-order valence-corrected chi connectivity index (χ1v) is 8.67. The van der Waals surface area contributed by atoms with E-state index in [1.165, 1.54) is 32.0 Å². The van der Waals surface area contributed by atoms with Crippen LogP contribution in [0.1, 0.15) is 35.4 Å². The van der Waals surface area contributed by atoms with Crippen LogP contribution in [0.2, 0.25) is 0 Å². The summed E-state index contributed by atoms with van der Waals surface area (Å²) in [5.74, 6) is -1.41. The lowest BCUT2D eigenvalue weighted by Crippen LogP contribution is -2.48. The number of rotatable bonds is 4. The number of aryl methyl sites for hydroxylation is 1. The normalized spacial score (nSPS) is 19.1. The predicted octanol–water partition coefficient (Wildman–Crippen LogP) is 0.918. The maximum absolute atomic E-state index is 12.6. The number of carboxylic acids is 1. The van der Waals surface area contributed by atoms with Crippen LogP contribution < -0.4 is 0 Å². The Kier molecular flexibility index (Phi) is 4.81. The molecule has 1 N–H and O–H groups in total. The first kappa shape index (κ1) is 17.5. The monoisotopic (exact) mass is 344 g/mol. The van der Waals surface area contributed by atoms with E-state index < -0.39 is 27.9 Å². The van der Waals surface area contributed by atoms with Gasteiger partial charge in [0.1, 0.15) is 11.8 Å². The van der Waals surface area contributed by atoms with Gasteiger partial charge in [-0.15, -0.1) is 0 Å². The Labute approximate surface area is 134 Å². The number of piperidine rings is 1. The van der Waals surface area contributed by atoms with Crippen molar-refractivity contribution in [2.45, 2.75) is 37.3 Å². The van der Waals surface area contributed by atoms with Crippen LogP contribution in [0.4, 0.5) is 0 Å². The molecule has 0 aliphatic carbocycles. The van der Waals surface area contributed by atoms with Gasteiger partial charge < -0.3 is 14.4 Å². The molecule has 0 saturated carbocycles. The quantitative estimate of drug-likeness (QED) is 0.870. The predicted molar refractivity (Wildman–Crippen MR) is 80.6 cm³/mol. The highest BCUT2D eigenvalue weighted by Crippen LogP contribution is 2.25. The van der Waals surface area contributed by atoms with Crippen molar-refractivity contribution < 1.29 is 27.5 Å². The standard InChI is InChI=1S/C14H20N2O6S/c1-9-10(8-12(22-9)23(20,21)15(2)3)13(17)16-7-5-4-6-11(16)14(18)19/h8,11H,4-7H2,1-3H3,(H,18,19). The van der Waals surface area contributed by atoms with E-state index in [9.17, 15) is 23.1 Å². The molecule has 23 heavy (non-hydrogen) atoms. The van der Waals surface area contributed by atoms with Crippen LogP contribution in [0.3, 0.4) is 0 Å². The zero-order valence-electron chi connectivity index (χ0n) is 13.3. The molecule has 1 atom stereocenters. The van der Waals surface area contributed by atoms with E-state index in [1.54, 1.807) is 0 Å². The number of hydrogen-bond donors (Lipinski definition) is 1. The second kappa shape index (κ2) is 6.32. The Morgan fingerprint density at radius 2 is 2.00 bits per heavy atom. The van der Waals surface area contributed by atoms with Crippen LogP contribution in [0, 0.1) is 6.92 Å². The molecule has 0 spiro atoms. The van der Waals surface area contributed by atoms with Gasteiger partial charge in [-0.1, -0.05) is 0 Å². The minimum absolute atomic E-state index is 0.0820. The number of nitrogens with zero attached hydrogens (tertiary/aromatic N) is 2. The Morgan fingerprint density at radius 1 is 1.35 bits per heavy atom. The van der Waals surface area contributed by atoms with Crippen molar-refractivity contribution in [2.24, 2.45) is 0 Å². The molecule has 2 heterocycles. The molecule has 0 bridgehead atoms. The van der Waals surface area contributed by atoms with E-state index in [0.717, 1.165) is 17.1 Å². The van der Waals surface area contributed by atoms with E-state index in [2.05, 4.69) is 0 Å². The third-order valence-corrected chi connectivity index (χ3v) is 5.58. The number of furan rings is 1. The summed E-state index contributed by atoms with van der Waals surface area (Å²) in [6, 6.07) is 0.278. The number of aliphatic carboxylic acids is 1. The number of likely N-dealkylation sites (tertiary alicyclic amines) is 1. The molecule has 8 nitrogen and oxygen atoms in total. The molecule has 1 aromatic heterocycles. The summed E-state index contributed by atoms with van der Waals surface area (Å²) in [6.07, 6.45) is 1.85. The summed E-state index contributed by atoms with van der Waals surface area (Å²) in [5.41, 5.74) is 0.0820. The summed E-state index contributed by atoms with van der Waals surface area (Å²) in [5, 5.41) is 8.93. The number of carboxylic acid groups (broad SMARTS) is 1. The molecule has 1 unspecified atom stereocenters. The van der Waals surface area contributed by atoms with Crippen molar-refractivity contribution in [1.82, 2.24) is 9.21 Å². The molecular weight excluding hydrogens is 324 g/mol. The van der Waals surface area contributed by atoms with Gasteiger partial charge in [0, 0.05) is 26.7 Å². The summed E-state index contributed by atoms with van der Waals surface area (Å²) in [7, 11) is -1.07. The average Bonchev–Trinajstić information content (AvgIpc) is 2.89. The summed E-state index contributed by atoms with van der Waals surface area (Å²) < 4.78 is 30.4. The van der Waals surface area contributed by atoms with Gasteiger partial charge in [-0.2, -0.15) is 0 Å². The van der Waals surface area contributed by atoms with Crippen molar-refractivity contribution in [3.8, 4) is 0 Å². The van der Waals surface area contributed by atoms with Gasteiger partial charge in [0.05, 0.1) is 5.56 Å². The van der Waals surface area contributed by atoms with Gasteiger partial charge in [-0.3, -0.25) is 4.79 Å². The minimum atomic E-state index is -3.79. The van der Waals surface area contributed by atoms with Crippen molar-refractivity contribution in [2.75, 3.05) is 20.6 Å². The maximum atomic E-state index is 12.6.